The third-order valence-corrected chi connectivity index (χ3v) is 6.23. The van der Waals surface area contributed by atoms with E-state index in [-0.39, 0.29) is 18.4 Å². The summed E-state index contributed by atoms with van der Waals surface area (Å²) in [7, 11) is 1.93. The molecule has 1 aromatic heterocycles. The lowest BCUT2D eigenvalue weighted by molar-refractivity contribution is -0.123. The highest BCUT2D eigenvalue weighted by atomic mass is 16.5. The van der Waals surface area contributed by atoms with Crippen molar-refractivity contribution in [1.82, 2.24) is 25.1 Å². The van der Waals surface area contributed by atoms with Gasteiger partial charge in [-0.15, -0.1) is 0 Å². The van der Waals surface area contributed by atoms with Crippen LogP contribution < -0.4 is 15.4 Å². The maximum atomic E-state index is 12.4. The Morgan fingerprint density at radius 2 is 1.91 bits per heavy atom. The van der Waals surface area contributed by atoms with Crippen LogP contribution >= 0.6 is 0 Å². The number of aryl methyl sites for hydroxylation is 1. The Kier molecular flexibility index (Phi) is 8.51. The average molecular weight is 476 g/mol. The van der Waals surface area contributed by atoms with Crippen molar-refractivity contribution in [3.8, 4) is 5.75 Å². The van der Waals surface area contributed by atoms with Gasteiger partial charge in [-0.1, -0.05) is 30.3 Å². The first-order valence-corrected chi connectivity index (χ1v) is 12.1. The minimum absolute atomic E-state index is 0.0807. The van der Waals surface area contributed by atoms with Crippen LogP contribution in [0.3, 0.4) is 0 Å². The van der Waals surface area contributed by atoms with Gasteiger partial charge >= 0.3 is 0 Å². The van der Waals surface area contributed by atoms with Crippen LogP contribution in [0, 0.1) is 0 Å². The van der Waals surface area contributed by atoms with E-state index < -0.39 is 0 Å². The highest BCUT2D eigenvalue weighted by Crippen LogP contribution is 2.18. The summed E-state index contributed by atoms with van der Waals surface area (Å²) in [4.78, 5) is 31.1. The topological polar surface area (TPSA) is 88.5 Å². The van der Waals surface area contributed by atoms with Crippen molar-refractivity contribution < 1.29 is 14.3 Å². The van der Waals surface area contributed by atoms with Gasteiger partial charge in [0.05, 0.1) is 6.33 Å². The van der Waals surface area contributed by atoms with E-state index in [4.69, 9.17) is 4.74 Å². The zero-order chi connectivity index (χ0) is 24.5. The van der Waals surface area contributed by atoms with E-state index in [9.17, 15) is 9.59 Å². The average Bonchev–Trinajstić information content (AvgIpc) is 3.29. The van der Waals surface area contributed by atoms with Crippen molar-refractivity contribution >= 4 is 11.8 Å². The normalized spacial score (nSPS) is 13.2. The minimum atomic E-state index is -0.178. The molecule has 8 heteroatoms. The number of aromatic nitrogens is 2. The van der Waals surface area contributed by atoms with Gasteiger partial charge in [0.2, 0.25) is 0 Å². The molecule has 1 aliphatic heterocycles. The first-order valence-electron chi connectivity index (χ1n) is 12.1. The van der Waals surface area contributed by atoms with E-state index >= 15 is 0 Å². The van der Waals surface area contributed by atoms with E-state index in [0.29, 0.717) is 30.8 Å². The van der Waals surface area contributed by atoms with E-state index in [1.54, 1.807) is 36.8 Å². The molecule has 2 heterocycles. The van der Waals surface area contributed by atoms with Gasteiger partial charge < -0.3 is 19.9 Å². The van der Waals surface area contributed by atoms with Crippen molar-refractivity contribution in [2.24, 2.45) is 7.05 Å². The van der Waals surface area contributed by atoms with Crippen LogP contribution in [0.5, 0.6) is 5.75 Å². The lowest BCUT2D eigenvalue weighted by Crippen LogP contribution is -2.35. The van der Waals surface area contributed by atoms with E-state index in [1.165, 1.54) is 11.1 Å². The molecule has 0 fully saturated rings. The molecule has 8 nitrogen and oxygen atoms in total. The molecule has 2 amide bonds. The fourth-order valence-corrected chi connectivity index (χ4v) is 4.23. The molecule has 2 N–H and O–H groups in total. The first kappa shape index (κ1) is 24.5. The number of rotatable bonds is 11. The van der Waals surface area contributed by atoms with Gasteiger partial charge in [0, 0.05) is 63.6 Å². The first-order chi connectivity index (χ1) is 17.1. The fraction of sp³-hybridized carbons (Fsp3) is 0.370. The number of nitrogens with zero attached hydrogens (tertiary/aromatic N) is 3. The second-order valence-corrected chi connectivity index (χ2v) is 8.82. The summed E-state index contributed by atoms with van der Waals surface area (Å²) < 4.78 is 7.54. The number of carbonyl (C=O) groups is 2. The molecular formula is C27H33N5O3. The van der Waals surface area contributed by atoms with Gasteiger partial charge in [0.1, 0.15) is 5.75 Å². The maximum Gasteiger partial charge on any atom is 0.257 e. The number of amides is 2. The maximum absolute atomic E-state index is 12.4. The molecule has 184 valence electrons. The number of carbonyl (C=O) groups excluding carboxylic acids is 2. The summed E-state index contributed by atoms with van der Waals surface area (Å²) >= 11 is 0. The molecule has 4 rings (SSSR count). The van der Waals surface area contributed by atoms with Gasteiger partial charge in [0.15, 0.2) is 6.61 Å². The number of hydrogen-bond donors (Lipinski definition) is 2. The Balaban J connectivity index is 1.12. The van der Waals surface area contributed by atoms with Crippen LogP contribution in [-0.4, -0.2) is 59.1 Å². The molecule has 0 spiro atoms. The molecule has 0 saturated carbocycles. The number of fused-ring (bicyclic) bond motifs is 1. The molecule has 35 heavy (non-hydrogen) atoms. The van der Waals surface area contributed by atoms with Crippen LogP contribution in [-0.2, 0) is 31.2 Å². The third kappa shape index (κ3) is 7.16. The van der Waals surface area contributed by atoms with Crippen molar-refractivity contribution in [1.29, 1.82) is 0 Å². The standard InChI is InChI=1S/C27H33N5O3/c1-31-20-28-17-24(31)10-13-30-27(34)22-8-4-9-25(16-22)35-19-26(33)29-12-5-14-32-15-11-21-6-2-3-7-23(21)18-32/h2-4,6-9,16-17,20H,5,10-15,18-19H2,1H3,(H,29,33)(H,30,34). The summed E-state index contributed by atoms with van der Waals surface area (Å²) in [5.74, 6) is 0.147. The predicted octanol–water partition coefficient (Wildman–Crippen LogP) is 2.34. The zero-order valence-corrected chi connectivity index (χ0v) is 20.2. The molecule has 0 bridgehead atoms. The molecule has 0 aliphatic carbocycles. The van der Waals surface area contributed by atoms with Crippen molar-refractivity contribution in [2.45, 2.75) is 25.8 Å². The van der Waals surface area contributed by atoms with Crippen LogP contribution in [0.25, 0.3) is 0 Å². The molecule has 0 atom stereocenters. The lowest BCUT2D eigenvalue weighted by Gasteiger charge is -2.28. The monoisotopic (exact) mass is 475 g/mol. The largest absolute Gasteiger partial charge is 0.484 e. The molecule has 0 radical (unpaired) electrons. The number of ether oxygens (including phenoxy) is 1. The Hall–Kier alpha value is -3.65. The quantitative estimate of drug-likeness (QED) is 0.416. The summed E-state index contributed by atoms with van der Waals surface area (Å²) in [6.07, 6.45) is 6.20. The van der Waals surface area contributed by atoms with Crippen molar-refractivity contribution in [3.05, 3.63) is 83.4 Å². The SMILES string of the molecule is Cn1cncc1CCNC(=O)c1cccc(OCC(=O)NCCCN2CCc3ccccc3C2)c1. The summed E-state index contributed by atoms with van der Waals surface area (Å²) in [6.45, 7) is 4.02. The Morgan fingerprint density at radius 1 is 1.06 bits per heavy atom. The molecule has 3 aromatic rings. The van der Waals surface area contributed by atoms with Crippen molar-refractivity contribution in [2.75, 3.05) is 32.8 Å². The Labute approximate surface area is 206 Å². The molecule has 0 saturated heterocycles. The molecule has 0 unspecified atom stereocenters. The van der Waals surface area contributed by atoms with Crippen molar-refractivity contribution in [3.63, 3.8) is 0 Å². The van der Waals surface area contributed by atoms with E-state index in [0.717, 1.165) is 38.2 Å². The van der Waals surface area contributed by atoms with Gasteiger partial charge in [-0.05, 0) is 42.2 Å². The number of benzene rings is 2. The highest BCUT2D eigenvalue weighted by molar-refractivity contribution is 5.94. The Bertz CT molecular complexity index is 1140. The van der Waals surface area contributed by atoms with Gasteiger partial charge in [-0.3, -0.25) is 14.5 Å². The number of hydrogen-bond acceptors (Lipinski definition) is 5. The van der Waals surface area contributed by atoms with Crippen LogP contribution in [0.4, 0.5) is 0 Å². The second kappa shape index (κ2) is 12.2. The highest BCUT2D eigenvalue weighted by Gasteiger charge is 2.15. The Morgan fingerprint density at radius 3 is 2.74 bits per heavy atom. The van der Waals surface area contributed by atoms with Crippen LogP contribution in [0.15, 0.2) is 61.1 Å². The number of imidazole rings is 1. The second-order valence-electron chi connectivity index (χ2n) is 8.82. The zero-order valence-electron chi connectivity index (χ0n) is 20.2. The lowest BCUT2D eigenvalue weighted by atomic mass is 10.00. The van der Waals surface area contributed by atoms with Gasteiger partial charge in [-0.25, -0.2) is 4.98 Å². The third-order valence-electron chi connectivity index (χ3n) is 6.23. The van der Waals surface area contributed by atoms with Crippen LogP contribution in [0.1, 0.15) is 33.6 Å². The van der Waals surface area contributed by atoms with E-state index in [2.05, 4.69) is 44.8 Å². The summed E-state index contributed by atoms with van der Waals surface area (Å²) in [6, 6.07) is 15.5. The molecule has 2 aromatic carbocycles. The predicted molar refractivity (Wildman–Crippen MR) is 134 cm³/mol. The number of nitrogens with one attached hydrogen (secondary N) is 2. The molecular weight excluding hydrogens is 442 g/mol. The smallest absolute Gasteiger partial charge is 0.257 e. The summed E-state index contributed by atoms with van der Waals surface area (Å²) in [5.41, 5.74) is 4.39. The molecule has 1 aliphatic rings. The minimum Gasteiger partial charge on any atom is -0.484 e. The fourth-order valence-electron chi connectivity index (χ4n) is 4.23. The summed E-state index contributed by atoms with van der Waals surface area (Å²) in [5, 5.41) is 5.82. The van der Waals surface area contributed by atoms with Gasteiger partial charge in [-0.2, -0.15) is 0 Å². The van der Waals surface area contributed by atoms with Gasteiger partial charge in [0.25, 0.3) is 11.8 Å². The van der Waals surface area contributed by atoms with Crippen LogP contribution in [0.2, 0.25) is 0 Å². The van der Waals surface area contributed by atoms with E-state index in [1.807, 2.05) is 11.6 Å².